The first-order valence-corrected chi connectivity index (χ1v) is 9.72. The van der Waals surface area contributed by atoms with Crippen molar-refractivity contribution in [2.45, 2.75) is 31.7 Å². The summed E-state index contributed by atoms with van der Waals surface area (Å²) in [5.74, 6) is -0.0226. The number of nitrogens with one attached hydrogen (secondary N) is 1. The summed E-state index contributed by atoms with van der Waals surface area (Å²) in [4.78, 5) is 21.7. The number of para-hydroxylation sites is 1. The van der Waals surface area contributed by atoms with Gasteiger partial charge in [-0.1, -0.05) is 25.0 Å². The highest BCUT2D eigenvalue weighted by atomic mass is 19.1. The Kier molecular flexibility index (Phi) is 5.34. The third-order valence-electron chi connectivity index (χ3n) is 5.61. The number of rotatable bonds is 4. The molecule has 0 unspecified atom stereocenters. The van der Waals surface area contributed by atoms with Crippen molar-refractivity contribution in [3.05, 3.63) is 54.0 Å². The van der Waals surface area contributed by atoms with Gasteiger partial charge in [0, 0.05) is 38.4 Å². The summed E-state index contributed by atoms with van der Waals surface area (Å²) in [6, 6.07) is 10.6. The zero-order valence-electron chi connectivity index (χ0n) is 15.4. The number of hydrogen-bond donors (Lipinski definition) is 1. The number of pyridine rings is 1. The molecule has 6 heteroatoms. The number of nitrogens with zero attached hydrogens (tertiary/aromatic N) is 3. The number of piperazine rings is 1. The summed E-state index contributed by atoms with van der Waals surface area (Å²) in [6.07, 6.45) is 6.83. The van der Waals surface area contributed by atoms with E-state index in [0.29, 0.717) is 23.1 Å². The van der Waals surface area contributed by atoms with Crippen LogP contribution in [-0.2, 0) is 0 Å². The van der Waals surface area contributed by atoms with E-state index < -0.39 is 0 Å². The van der Waals surface area contributed by atoms with E-state index in [1.165, 1.54) is 31.7 Å². The van der Waals surface area contributed by atoms with Gasteiger partial charge in [-0.2, -0.15) is 0 Å². The average molecular weight is 368 g/mol. The Hall–Kier alpha value is -2.47. The quantitative estimate of drug-likeness (QED) is 0.895. The van der Waals surface area contributed by atoms with E-state index in [-0.39, 0.29) is 11.7 Å². The van der Waals surface area contributed by atoms with Gasteiger partial charge in [0.25, 0.3) is 5.91 Å². The van der Waals surface area contributed by atoms with Crippen molar-refractivity contribution >= 4 is 17.4 Å². The van der Waals surface area contributed by atoms with Crippen molar-refractivity contribution in [2.75, 3.05) is 31.5 Å². The summed E-state index contributed by atoms with van der Waals surface area (Å²) in [5, 5.41) is 2.97. The zero-order chi connectivity index (χ0) is 18.6. The van der Waals surface area contributed by atoms with Crippen LogP contribution in [0.3, 0.4) is 0 Å². The van der Waals surface area contributed by atoms with Crippen LogP contribution in [0.5, 0.6) is 0 Å². The van der Waals surface area contributed by atoms with Gasteiger partial charge < -0.3 is 10.2 Å². The number of halogens is 1. The Bertz CT molecular complexity index is 798. The van der Waals surface area contributed by atoms with Crippen molar-refractivity contribution in [2.24, 2.45) is 0 Å². The Morgan fingerprint density at radius 2 is 1.78 bits per heavy atom. The molecule has 2 heterocycles. The van der Waals surface area contributed by atoms with E-state index in [1.807, 2.05) is 4.90 Å². The van der Waals surface area contributed by atoms with Gasteiger partial charge in [0.05, 0.1) is 11.3 Å². The SMILES string of the molecule is O=C(c1cccnc1Nc1ccccc1F)N1CCN(C2CCCC2)CC1. The Labute approximate surface area is 159 Å². The van der Waals surface area contributed by atoms with E-state index >= 15 is 0 Å². The minimum absolute atomic E-state index is 0.0481. The lowest BCUT2D eigenvalue weighted by atomic mass is 10.1. The second-order valence-corrected chi connectivity index (χ2v) is 7.27. The minimum Gasteiger partial charge on any atom is -0.337 e. The number of hydrogen-bond acceptors (Lipinski definition) is 4. The summed E-state index contributed by atoms with van der Waals surface area (Å²) in [7, 11) is 0. The van der Waals surface area contributed by atoms with Crippen LogP contribution in [0, 0.1) is 5.82 Å². The van der Waals surface area contributed by atoms with Crippen LogP contribution in [0.25, 0.3) is 0 Å². The third-order valence-corrected chi connectivity index (χ3v) is 5.61. The molecule has 0 atom stereocenters. The van der Waals surface area contributed by atoms with Crippen molar-refractivity contribution in [1.29, 1.82) is 0 Å². The number of aromatic nitrogens is 1. The molecule has 27 heavy (non-hydrogen) atoms. The standard InChI is InChI=1S/C21H25FN4O/c22-18-9-3-4-10-19(18)24-20-17(8-5-11-23-20)21(27)26-14-12-25(13-15-26)16-6-1-2-7-16/h3-5,8-11,16H,1-2,6-7,12-15H2,(H,23,24). The lowest BCUT2D eigenvalue weighted by Gasteiger charge is -2.38. The highest BCUT2D eigenvalue weighted by Crippen LogP contribution is 2.26. The van der Waals surface area contributed by atoms with E-state index in [4.69, 9.17) is 0 Å². The fourth-order valence-corrected chi connectivity index (χ4v) is 4.10. The van der Waals surface area contributed by atoms with E-state index in [2.05, 4.69) is 15.2 Å². The van der Waals surface area contributed by atoms with Gasteiger partial charge in [-0.05, 0) is 37.1 Å². The number of carbonyl (C=O) groups is 1. The second-order valence-electron chi connectivity index (χ2n) is 7.27. The van der Waals surface area contributed by atoms with Crippen LogP contribution >= 0.6 is 0 Å². The molecule has 1 aliphatic carbocycles. The van der Waals surface area contributed by atoms with Crippen molar-refractivity contribution < 1.29 is 9.18 Å². The first-order chi connectivity index (χ1) is 13.2. The Balaban J connectivity index is 1.45. The van der Waals surface area contributed by atoms with Crippen LogP contribution in [0.4, 0.5) is 15.9 Å². The smallest absolute Gasteiger partial charge is 0.257 e. The second kappa shape index (κ2) is 8.05. The summed E-state index contributed by atoms with van der Waals surface area (Å²) >= 11 is 0. The monoisotopic (exact) mass is 368 g/mol. The molecule has 1 saturated carbocycles. The average Bonchev–Trinajstić information content (AvgIpc) is 3.25. The maximum Gasteiger partial charge on any atom is 0.257 e. The molecule has 0 bridgehead atoms. The number of anilines is 2. The maximum absolute atomic E-state index is 14.0. The topological polar surface area (TPSA) is 48.5 Å². The maximum atomic E-state index is 14.0. The molecule has 0 spiro atoms. The van der Waals surface area contributed by atoms with Gasteiger partial charge in [0.2, 0.25) is 0 Å². The first-order valence-electron chi connectivity index (χ1n) is 9.72. The van der Waals surface area contributed by atoms with Crippen molar-refractivity contribution in [3.63, 3.8) is 0 Å². The molecule has 1 N–H and O–H groups in total. The fourth-order valence-electron chi connectivity index (χ4n) is 4.10. The Morgan fingerprint density at radius 3 is 2.52 bits per heavy atom. The molecular formula is C21H25FN4O. The molecule has 1 aromatic carbocycles. The molecule has 5 nitrogen and oxygen atoms in total. The van der Waals surface area contributed by atoms with Crippen LogP contribution in [0.1, 0.15) is 36.0 Å². The van der Waals surface area contributed by atoms with Gasteiger partial charge in [-0.25, -0.2) is 9.37 Å². The molecule has 2 aromatic rings. The molecular weight excluding hydrogens is 343 g/mol. The molecule has 142 valence electrons. The Morgan fingerprint density at radius 1 is 1.04 bits per heavy atom. The number of benzene rings is 1. The normalized spacial score (nSPS) is 18.6. The molecule has 0 radical (unpaired) electrons. The first kappa shape index (κ1) is 17.9. The van der Waals surface area contributed by atoms with Crippen LogP contribution in [-0.4, -0.2) is 52.9 Å². The van der Waals surface area contributed by atoms with E-state index in [9.17, 15) is 9.18 Å². The van der Waals surface area contributed by atoms with E-state index in [1.54, 1.807) is 36.5 Å². The largest absolute Gasteiger partial charge is 0.337 e. The van der Waals surface area contributed by atoms with Crippen LogP contribution in [0.2, 0.25) is 0 Å². The highest BCUT2D eigenvalue weighted by Gasteiger charge is 2.29. The summed E-state index contributed by atoms with van der Waals surface area (Å²) < 4.78 is 14.0. The predicted octanol–water partition coefficient (Wildman–Crippen LogP) is 3.66. The van der Waals surface area contributed by atoms with Gasteiger partial charge in [-0.15, -0.1) is 0 Å². The molecule has 1 aliphatic heterocycles. The number of amides is 1. The molecule has 1 aromatic heterocycles. The summed E-state index contributed by atoms with van der Waals surface area (Å²) in [6.45, 7) is 3.30. The summed E-state index contributed by atoms with van der Waals surface area (Å²) in [5.41, 5.74) is 0.798. The molecule has 2 fully saturated rings. The van der Waals surface area contributed by atoms with Gasteiger partial charge in [0.15, 0.2) is 0 Å². The van der Waals surface area contributed by atoms with Crippen molar-refractivity contribution in [1.82, 2.24) is 14.8 Å². The molecule has 1 saturated heterocycles. The lowest BCUT2D eigenvalue weighted by molar-refractivity contribution is 0.0574. The minimum atomic E-state index is -0.369. The zero-order valence-corrected chi connectivity index (χ0v) is 15.4. The van der Waals surface area contributed by atoms with E-state index in [0.717, 1.165) is 26.2 Å². The van der Waals surface area contributed by atoms with Gasteiger partial charge in [0.1, 0.15) is 11.6 Å². The number of carbonyl (C=O) groups excluding carboxylic acids is 1. The molecule has 1 amide bonds. The molecule has 4 rings (SSSR count). The van der Waals surface area contributed by atoms with Gasteiger partial charge in [-0.3, -0.25) is 9.69 Å². The van der Waals surface area contributed by atoms with Crippen molar-refractivity contribution in [3.8, 4) is 0 Å². The highest BCUT2D eigenvalue weighted by molar-refractivity contribution is 5.99. The van der Waals surface area contributed by atoms with Crippen LogP contribution < -0.4 is 5.32 Å². The fraction of sp³-hybridized carbons (Fsp3) is 0.429. The van der Waals surface area contributed by atoms with Crippen LogP contribution in [0.15, 0.2) is 42.6 Å². The predicted molar refractivity (Wildman–Crippen MR) is 104 cm³/mol. The molecule has 2 aliphatic rings. The van der Waals surface area contributed by atoms with Gasteiger partial charge >= 0.3 is 0 Å². The lowest BCUT2D eigenvalue weighted by Crippen LogP contribution is -2.51. The third kappa shape index (κ3) is 3.95.